The number of hydrogen-bond acceptors (Lipinski definition) is 6. The van der Waals surface area contributed by atoms with Gasteiger partial charge in [-0.3, -0.25) is 0 Å². The molecule has 0 aliphatic carbocycles. The SMILES string of the molecule is CCN(CC)C1=NCC([C@H](CO)[C@@H](O)[C@@H](C)O)O1. The predicted octanol–water partition coefficient (Wildman–Crippen LogP) is -0.567. The van der Waals surface area contributed by atoms with Crippen molar-refractivity contribution in [3.8, 4) is 0 Å². The molecule has 0 saturated carbocycles. The van der Waals surface area contributed by atoms with Crippen molar-refractivity contribution in [2.45, 2.75) is 39.1 Å². The van der Waals surface area contributed by atoms with E-state index in [1.165, 1.54) is 6.92 Å². The van der Waals surface area contributed by atoms with Crippen LogP contribution in [0.3, 0.4) is 0 Å². The molecule has 0 saturated heterocycles. The third kappa shape index (κ3) is 3.34. The molecule has 0 amide bonds. The fourth-order valence-electron chi connectivity index (χ4n) is 2.07. The third-order valence-corrected chi connectivity index (χ3v) is 3.32. The second-order valence-corrected chi connectivity index (χ2v) is 4.53. The maximum Gasteiger partial charge on any atom is 0.287 e. The molecule has 0 aromatic heterocycles. The molecule has 1 heterocycles. The predicted molar refractivity (Wildman–Crippen MR) is 68.4 cm³/mol. The molecule has 0 aromatic rings. The minimum atomic E-state index is -1.01. The van der Waals surface area contributed by atoms with E-state index in [1.54, 1.807) is 0 Å². The van der Waals surface area contributed by atoms with Gasteiger partial charge in [-0.1, -0.05) is 0 Å². The standard InChI is InChI=1S/C12H24N2O4/c1-4-14(5-2)12-13-6-10(18-12)9(7-15)11(17)8(3)16/h8-11,15-17H,4-7H2,1-3H3/t8-,9+,10?,11+/m1/s1. The maximum atomic E-state index is 9.83. The Hall–Kier alpha value is -0.850. The monoisotopic (exact) mass is 260 g/mol. The fraction of sp³-hybridized carbons (Fsp3) is 0.917. The lowest BCUT2D eigenvalue weighted by Crippen LogP contribution is -2.43. The van der Waals surface area contributed by atoms with Crippen molar-refractivity contribution >= 4 is 6.02 Å². The minimum absolute atomic E-state index is 0.238. The lowest BCUT2D eigenvalue weighted by Gasteiger charge is -2.29. The summed E-state index contributed by atoms with van der Waals surface area (Å²) in [7, 11) is 0. The number of amidine groups is 1. The number of rotatable bonds is 6. The molecule has 18 heavy (non-hydrogen) atoms. The smallest absolute Gasteiger partial charge is 0.287 e. The fourth-order valence-corrected chi connectivity index (χ4v) is 2.07. The van der Waals surface area contributed by atoms with Crippen LogP contribution in [0.15, 0.2) is 4.99 Å². The first kappa shape index (κ1) is 15.2. The molecule has 6 nitrogen and oxygen atoms in total. The van der Waals surface area contributed by atoms with Gasteiger partial charge in [-0.05, 0) is 20.8 Å². The van der Waals surface area contributed by atoms with Gasteiger partial charge >= 0.3 is 0 Å². The Morgan fingerprint density at radius 2 is 2.00 bits per heavy atom. The van der Waals surface area contributed by atoms with Crippen molar-refractivity contribution in [3.05, 3.63) is 0 Å². The van der Waals surface area contributed by atoms with Crippen LogP contribution in [0, 0.1) is 5.92 Å². The van der Waals surface area contributed by atoms with Crippen molar-refractivity contribution in [2.75, 3.05) is 26.2 Å². The molecule has 1 aliphatic heterocycles. The van der Waals surface area contributed by atoms with Gasteiger partial charge in [-0.2, -0.15) is 0 Å². The van der Waals surface area contributed by atoms with Crippen molar-refractivity contribution in [2.24, 2.45) is 10.9 Å². The zero-order chi connectivity index (χ0) is 13.7. The average molecular weight is 260 g/mol. The summed E-state index contributed by atoms with van der Waals surface area (Å²) in [6.45, 7) is 7.27. The highest BCUT2D eigenvalue weighted by molar-refractivity contribution is 5.75. The summed E-state index contributed by atoms with van der Waals surface area (Å²) >= 11 is 0. The maximum absolute atomic E-state index is 9.83. The Morgan fingerprint density at radius 3 is 2.44 bits per heavy atom. The van der Waals surface area contributed by atoms with Crippen LogP contribution in [0.25, 0.3) is 0 Å². The van der Waals surface area contributed by atoms with Gasteiger partial charge < -0.3 is 25.0 Å². The molecule has 0 fully saturated rings. The second kappa shape index (κ2) is 6.92. The van der Waals surface area contributed by atoms with Gasteiger partial charge in [0, 0.05) is 19.0 Å². The second-order valence-electron chi connectivity index (χ2n) is 4.53. The quantitative estimate of drug-likeness (QED) is 0.596. The molecule has 0 radical (unpaired) electrons. The van der Waals surface area contributed by atoms with E-state index in [1.807, 2.05) is 18.7 Å². The lowest BCUT2D eigenvalue weighted by molar-refractivity contribution is -0.0602. The number of aliphatic hydroxyl groups is 3. The Morgan fingerprint density at radius 1 is 1.39 bits per heavy atom. The molecule has 3 N–H and O–H groups in total. The van der Waals surface area contributed by atoms with Gasteiger partial charge in [0.2, 0.25) is 0 Å². The van der Waals surface area contributed by atoms with E-state index >= 15 is 0 Å². The van der Waals surface area contributed by atoms with E-state index in [-0.39, 0.29) is 12.7 Å². The van der Waals surface area contributed by atoms with Crippen LogP contribution < -0.4 is 0 Å². The number of aliphatic imine (C=N–C) groups is 1. The molecule has 106 valence electrons. The van der Waals surface area contributed by atoms with Crippen LogP contribution in [0.1, 0.15) is 20.8 Å². The zero-order valence-electron chi connectivity index (χ0n) is 11.3. The first-order valence-electron chi connectivity index (χ1n) is 6.48. The van der Waals surface area contributed by atoms with Gasteiger partial charge in [-0.25, -0.2) is 4.99 Å². The summed E-state index contributed by atoms with van der Waals surface area (Å²) in [5, 5.41) is 28.5. The van der Waals surface area contributed by atoms with E-state index in [2.05, 4.69) is 4.99 Å². The highest BCUT2D eigenvalue weighted by atomic mass is 16.5. The van der Waals surface area contributed by atoms with Crippen LogP contribution in [-0.2, 0) is 4.74 Å². The summed E-state index contributed by atoms with van der Waals surface area (Å²) in [5.74, 6) is -0.526. The third-order valence-electron chi connectivity index (χ3n) is 3.32. The normalized spacial score (nSPS) is 24.1. The molecule has 0 bridgehead atoms. The van der Waals surface area contributed by atoms with Crippen molar-refractivity contribution in [1.82, 2.24) is 4.90 Å². The first-order valence-corrected chi connectivity index (χ1v) is 6.48. The van der Waals surface area contributed by atoms with Gasteiger partial charge in [0.1, 0.15) is 6.10 Å². The highest BCUT2D eigenvalue weighted by Crippen LogP contribution is 2.21. The van der Waals surface area contributed by atoms with Gasteiger partial charge in [-0.15, -0.1) is 0 Å². The van der Waals surface area contributed by atoms with Crippen molar-refractivity contribution in [3.63, 3.8) is 0 Å². The minimum Gasteiger partial charge on any atom is -0.459 e. The van der Waals surface area contributed by atoms with Crippen LogP contribution >= 0.6 is 0 Å². The summed E-state index contributed by atoms with van der Waals surface area (Å²) in [5.41, 5.74) is 0. The van der Waals surface area contributed by atoms with E-state index in [9.17, 15) is 15.3 Å². The van der Waals surface area contributed by atoms with E-state index in [4.69, 9.17) is 4.74 Å². The molecule has 4 atom stereocenters. The molecule has 0 spiro atoms. The molecular weight excluding hydrogens is 236 g/mol. The van der Waals surface area contributed by atoms with E-state index in [0.717, 1.165) is 13.1 Å². The summed E-state index contributed by atoms with van der Waals surface area (Å²) in [4.78, 5) is 6.26. The summed E-state index contributed by atoms with van der Waals surface area (Å²) < 4.78 is 5.67. The Labute approximate surface area is 108 Å². The van der Waals surface area contributed by atoms with Crippen LogP contribution in [-0.4, -0.2) is 70.8 Å². The first-order chi connectivity index (χ1) is 8.54. The molecule has 0 aromatic carbocycles. The average Bonchev–Trinajstić information content (AvgIpc) is 2.81. The van der Waals surface area contributed by atoms with Crippen LogP contribution in [0.2, 0.25) is 0 Å². The van der Waals surface area contributed by atoms with Crippen molar-refractivity contribution in [1.29, 1.82) is 0 Å². The van der Waals surface area contributed by atoms with Crippen LogP contribution in [0.5, 0.6) is 0 Å². The Kier molecular flexibility index (Phi) is 5.84. The van der Waals surface area contributed by atoms with Gasteiger partial charge in [0.05, 0.1) is 25.4 Å². The number of aliphatic hydroxyl groups excluding tert-OH is 3. The summed E-state index contributed by atoms with van der Waals surface area (Å²) in [6, 6.07) is 0.557. The Balaban J connectivity index is 2.61. The zero-order valence-corrected chi connectivity index (χ0v) is 11.3. The molecule has 6 heteroatoms. The molecular formula is C12H24N2O4. The topological polar surface area (TPSA) is 85.5 Å². The van der Waals surface area contributed by atoms with Crippen molar-refractivity contribution < 1.29 is 20.1 Å². The highest BCUT2D eigenvalue weighted by Gasteiger charge is 2.36. The largest absolute Gasteiger partial charge is 0.459 e. The molecule has 1 rings (SSSR count). The van der Waals surface area contributed by atoms with Gasteiger partial charge in [0.25, 0.3) is 6.02 Å². The summed E-state index contributed by atoms with van der Waals surface area (Å²) in [6.07, 6.45) is -2.29. The van der Waals surface area contributed by atoms with E-state index < -0.39 is 18.1 Å². The number of hydrogen-bond donors (Lipinski definition) is 3. The Bertz CT molecular complexity index is 279. The molecule has 1 unspecified atom stereocenters. The molecule has 1 aliphatic rings. The van der Waals surface area contributed by atoms with Crippen LogP contribution in [0.4, 0.5) is 0 Å². The van der Waals surface area contributed by atoms with Gasteiger partial charge in [0.15, 0.2) is 0 Å². The van der Waals surface area contributed by atoms with E-state index in [0.29, 0.717) is 12.6 Å². The number of nitrogens with zero attached hydrogens (tertiary/aromatic N) is 2. The number of ether oxygens (including phenoxy) is 1. The lowest BCUT2D eigenvalue weighted by atomic mass is 9.93.